The van der Waals surface area contributed by atoms with E-state index in [1.54, 1.807) is 24.0 Å². The highest BCUT2D eigenvalue weighted by atomic mass is 16.7. The molecule has 2 saturated heterocycles. The first-order valence-corrected chi connectivity index (χ1v) is 7.54. The van der Waals surface area contributed by atoms with E-state index in [0.717, 1.165) is 0 Å². The van der Waals surface area contributed by atoms with Crippen molar-refractivity contribution in [1.29, 1.82) is 0 Å². The van der Waals surface area contributed by atoms with Gasteiger partial charge in [-0.1, -0.05) is 6.07 Å². The standard InChI is InChI=1S/C16H20N2O5/c1-11-4-5-12(6-13(11)18(20)21)14(19)17-7-16(8-17)9-22-15(2,3)23-10-16/h4-6H,7-10H2,1-3H3. The van der Waals surface area contributed by atoms with Gasteiger partial charge in [0, 0.05) is 30.3 Å². The summed E-state index contributed by atoms with van der Waals surface area (Å²) in [6.45, 7) is 7.59. The monoisotopic (exact) mass is 320 g/mol. The smallest absolute Gasteiger partial charge is 0.273 e. The van der Waals surface area contributed by atoms with Crippen LogP contribution in [0.5, 0.6) is 0 Å². The van der Waals surface area contributed by atoms with E-state index >= 15 is 0 Å². The lowest BCUT2D eigenvalue weighted by molar-refractivity contribution is -0.385. The van der Waals surface area contributed by atoms with E-state index in [2.05, 4.69) is 0 Å². The molecule has 0 N–H and O–H groups in total. The Bertz CT molecular complexity index is 652. The zero-order valence-electron chi connectivity index (χ0n) is 13.5. The summed E-state index contributed by atoms with van der Waals surface area (Å²) in [5.74, 6) is -0.767. The van der Waals surface area contributed by atoms with Gasteiger partial charge in [0.1, 0.15) is 0 Å². The van der Waals surface area contributed by atoms with Crippen molar-refractivity contribution in [2.45, 2.75) is 26.6 Å². The highest BCUT2D eigenvalue weighted by Gasteiger charge is 2.50. The molecule has 0 aliphatic carbocycles. The molecule has 124 valence electrons. The molecule has 2 aliphatic heterocycles. The Morgan fingerprint density at radius 2 is 1.87 bits per heavy atom. The molecule has 1 aromatic carbocycles. The molecule has 7 heteroatoms. The molecule has 2 fully saturated rings. The Labute approximate surface area is 134 Å². The van der Waals surface area contributed by atoms with Crippen LogP contribution in [0.3, 0.4) is 0 Å². The number of carbonyl (C=O) groups is 1. The van der Waals surface area contributed by atoms with Crippen molar-refractivity contribution >= 4 is 11.6 Å². The van der Waals surface area contributed by atoms with E-state index in [-0.39, 0.29) is 17.0 Å². The minimum absolute atomic E-state index is 0.0304. The average molecular weight is 320 g/mol. The zero-order chi connectivity index (χ0) is 16.8. The van der Waals surface area contributed by atoms with Crippen LogP contribution in [0.1, 0.15) is 29.8 Å². The molecule has 0 saturated carbocycles. The van der Waals surface area contributed by atoms with Crippen LogP contribution >= 0.6 is 0 Å². The number of nitro benzene ring substituents is 1. The molecular weight excluding hydrogens is 300 g/mol. The third kappa shape index (κ3) is 2.94. The van der Waals surface area contributed by atoms with Gasteiger partial charge in [0.2, 0.25) is 0 Å². The summed E-state index contributed by atoms with van der Waals surface area (Å²) in [5.41, 5.74) is 0.706. The van der Waals surface area contributed by atoms with E-state index in [9.17, 15) is 14.9 Å². The highest BCUT2D eigenvalue weighted by Crippen LogP contribution is 2.38. The van der Waals surface area contributed by atoms with Gasteiger partial charge in [-0.05, 0) is 26.8 Å². The second-order valence-electron chi connectivity index (χ2n) is 6.90. The number of rotatable bonds is 2. The number of aryl methyl sites for hydroxylation is 1. The minimum atomic E-state index is -0.576. The molecular formula is C16H20N2O5. The highest BCUT2D eigenvalue weighted by molar-refractivity contribution is 5.95. The maximum Gasteiger partial charge on any atom is 0.273 e. The average Bonchev–Trinajstić information content (AvgIpc) is 2.45. The Balaban J connectivity index is 1.68. The van der Waals surface area contributed by atoms with Crippen molar-refractivity contribution in [1.82, 2.24) is 4.90 Å². The predicted octanol–water partition coefficient (Wildman–Crippen LogP) is 2.13. The fourth-order valence-electron chi connectivity index (χ4n) is 2.95. The Morgan fingerprint density at radius 3 is 2.43 bits per heavy atom. The normalized spacial score (nSPS) is 21.8. The number of ether oxygens (including phenoxy) is 2. The number of hydrogen-bond donors (Lipinski definition) is 0. The van der Waals surface area contributed by atoms with Crippen molar-refractivity contribution in [3.63, 3.8) is 0 Å². The maximum absolute atomic E-state index is 12.5. The van der Waals surface area contributed by atoms with Crippen LogP contribution < -0.4 is 0 Å². The molecule has 1 aromatic rings. The van der Waals surface area contributed by atoms with E-state index in [0.29, 0.717) is 37.4 Å². The summed E-state index contributed by atoms with van der Waals surface area (Å²) >= 11 is 0. The predicted molar refractivity (Wildman–Crippen MR) is 82.2 cm³/mol. The van der Waals surface area contributed by atoms with Crippen LogP contribution in [0.15, 0.2) is 18.2 Å². The van der Waals surface area contributed by atoms with E-state index in [4.69, 9.17) is 9.47 Å². The lowest BCUT2D eigenvalue weighted by Gasteiger charge is -2.54. The molecule has 2 heterocycles. The first kappa shape index (κ1) is 15.9. The molecule has 0 aromatic heterocycles. The molecule has 2 aliphatic rings. The van der Waals surface area contributed by atoms with Gasteiger partial charge in [-0.15, -0.1) is 0 Å². The van der Waals surface area contributed by atoms with Gasteiger partial charge in [-0.2, -0.15) is 0 Å². The summed E-state index contributed by atoms with van der Waals surface area (Å²) in [6.07, 6.45) is 0. The van der Waals surface area contributed by atoms with Gasteiger partial charge in [0.15, 0.2) is 5.79 Å². The van der Waals surface area contributed by atoms with Crippen molar-refractivity contribution in [3.8, 4) is 0 Å². The van der Waals surface area contributed by atoms with Crippen LogP contribution in [0.4, 0.5) is 5.69 Å². The van der Waals surface area contributed by atoms with Gasteiger partial charge in [0.25, 0.3) is 11.6 Å². The topological polar surface area (TPSA) is 81.9 Å². The third-order valence-electron chi connectivity index (χ3n) is 4.44. The lowest BCUT2D eigenvalue weighted by atomic mass is 9.80. The van der Waals surface area contributed by atoms with Crippen LogP contribution in [-0.2, 0) is 9.47 Å². The molecule has 0 radical (unpaired) electrons. The van der Waals surface area contributed by atoms with Gasteiger partial charge in [-0.3, -0.25) is 14.9 Å². The number of nitrogens with zero attached hydrogens (tertiary/aromatic N) is 2. The molecule has 23 heavy (non-hydrogen) atoms. The van der Waals surface area contributed by atoms with E-state index < -0.39 is 10.7 Å². The SMILES string of the molecule is Cc1ccc(C(=O)N2CC3(COC(C)(C)OC3)C2)cc1[N+](=O)[O-]. The Morgan fingerprint density at radius 1 is 1.26 bits per heavy atom. The fraction of sp³-hybridized carbons (Fsp3) is 0.562. The van der Waals surface area contributed by atoms with Gasteiger partial charge >= 0.3 is 0 Å². The van der Waals surface area contributed by atoms with Crippen LogP contribution in [0.2, 0.25) is 0 Å². The third-order valence-corrected chi connectivity index (χ3v) is 4.44. The first-order chi connectivity index (χ1) is 10.7. The van der Waals surface area contributed by atoms with Gasteiger partial charge in [0.05, 0.1) is 23.6 Å². The molecule has 7 nitrogen and oxygen atoms in total. The maximum atomic E-state index is 12.5. The number of amides is 1. The van der Waals surface area contributed by atoms with Crippen molar-refractivity contribution in [2.24, 2.45) is 5.41 Å². The quantitative estimate of drug-likeness (QED) is 0.616. The Kier molecular flexibility index (Phi) is 3.65. The van der Waals surface area contributed by atoms with Crippen molar-refractivity contribution in [2.75, 3.05) is 26.3 Å². The summed E-state index contributed by atoms with van der Waals surface area (Å²) in [6, 6.07) is 4.59. The minimum Gasteiger partial charge on any atom is -0.350 e. The molecule has 0 bridgehead atoms. The molecule has 1 amide bonds. The number of nitro groups is 1. The first-order valence-electron chi connectivity index (χ1n) is 7.54. The van der Waals surface area contributed by atoms with Crippen LogP contribution in [0, 0.1) is 22.5 Å². The number of likely N-dealkylation sites (tertiary alicyclic amines) is 1. The van der Waals surface area contributed by atoms with Crippen LogP contribution in [-0.4, -0.2) is 47.8 Å². The fourth-order valence-corrected chi connectivity index (χ4v) is 2.95. The number of carbonyl (C=O) groups excluding carboxylic acids is 1. The molecule has 3 rings (SSSR count). The summed E-state index contributed by atoms with van der Waals surface area (Å²) in [7, 11) is 0. The van der Waals surface area contributed by atoms with Gasteiger partial charge < -0.3 is 14.4 Å². The van der Waals surface area contributed by atoms with Crippen molar-refractivity contribution < 1.29 is 19.2 Å². The van der Waals surface area contributed by atoms with Crippen molar-refractivity contribution in [3.05, 3.63) is 39.4 Å². The summed E-state index contributed by atoms with van der Waals surface area (Å²) in [5, 5.41) is 11.0. The zero-order valence-corrected chi connectivity index (χ0v) is 13.5. The molecule has 0 atom stereocenters. The molecule has 0 unspecified atom stereocenters. The number of benzene rings is 1. The van der Waals surface area contributed by atoms with E-state index in [1.165, 1.54) is 6.07 Å². The summed E-state index contributed by atoms with van der Waals surface area (Å²) < 4.78 is 11.3. The van der Waals surface area contributed by atoms with Gasteiger partial charge in [-0.25, -0.2) is 0 Å². The largest absolute Gasteiger partial charge is 0.350 e. The second-order valence-corrected chi connectivity index (χ2v) is 6.90. The lowest BCUT2D eigenvalue weighted by Crippen LogP contribution is -2.65. The summed E-state index contributed by atoms with van der Waals surface area (Å²) in [4.78, 5) is 24.7. The second kappa shape index (κ2) is 5.28. The molecule has 1 spiro atoms. The number of hydrogen-bond acceptors (Lipinski definition) is 5. The Hall–Kier alpha value is -1.99. The van der Waals surface area contributed by atoms with E-state index in [1.807, 2.05) is 13.8 Å². The van der Waals surface area contributed by atoms with Crippen LogP contribution in [0.25, 0.3) is 0 Å².